The van der Waals surface area contributed by atoms with Gasteiger partial charge in [0.1, 0.15) is 6.10 Å². The molecule has 0 aliphatic rings. The molecule has 1 unspecified atom stereocenters. The summed E-state index contributed by atoms with van der Waals surface area (Å²) in [4.78, 5) is 4.24. The zero-order valence-corrected chi connectivity index (χ0v) is 14.6. The second-order valence-electron chi connectivity index (χ2n) is 4.50. The molecule has 0 spiro atoms. The predicted molar refractivity (Wildman–Crippen MR) is 85.6 cm³/mol. The molecular weight excluding hydrogens is 386 g/mol. The molecule has 2 aromatic heterocycles. The van der Waals surface area contributed by atoms with E-state index in [1.165, 1.54) is 0 Å². The zero-order chi connectivity index (χ0) is 14.7. The number of hydrogen-bond acceptors (Lipinski definition) is 3. The highest BCUT2D eigenvalue weighted by molar-refractivity contribution is 9.10. The van der Waals surface area contributed by atoms with Crippen LogP contribution in [0.2, 0.25) is 0 Å². The Kier molecular flexibility index (Phi) is 5.35. The summed E-state index contributed by atoms with van der Waals surface area (Å²) >= 11 is 6.94. The fraction of sp³-hybridized carbons (Fsp3) is 0.429. The molecule has 0 aromatic carbocycles. The summed E-state index contributed by atoms with van der Waals surface area (Å²) in [5, 5.41) is 14.9. The quantitative estimate of drug-likeness (QED) is 0.830. The van der Waals surface area contributed by atoms with Crippen molar-refractivity contribution in [2.45, 2.75) is 39.3 Å². The number of hydrogen-bond donors (Lipinski definition) is 1. The molecule has 2 aromatic rings. The Balaban J connectivity index is 2.25. The van der Waals surface area contributed by atoms with Gasteiger partial charge < -0.3 is 5.11 Å². The summed E-state index contributed by atoms with van der Waals surface area (Å²) in [5.74, 6) is 0. The minimum absolute atomic E-state index is 0.496. The summed E-state index contributed by atoms with van der Waals surface area (Å²) in [5.41, 5.74) is 2.71. The normalized spacial score (nSPS) is 12.7. The van der Waals surface area contributed by atoms with Gasteiger partial charge >= 0.3 is 0 Å². The van der Waals surface area contributed by atoms with Crippen LogP contribution in [0.1, 0.15) is 37.0 Å². The van der Waals surface area contributed by atoms with E-state index in [2.05, 4.69) is 48.9 Å². The van der Waals surface area contributed by atoms with Crippen molar-refractivity contribution < 1.29 is 5.11 Å². The van der Waals surface area contributed by atoms with Crippen LogP contribution in [-0.2, 0) is 19.4 Å². The maximum Gasteiger partial charge on any atom is 0.101 e. The number of aryl methyl sites for hydroxylation is 2. The van der Waals surface area contributed by atoms with Crippen molar-refractivity contribution in [1.82, 2.24) is 14.8 Å². The summed E-state index contributed by atoms with van der Waals surface area (Å²) in [6.07, 6.45) is 2.43. The first-order chi connectivity index (χ1) is 9.56. The molecular formula is C14H17Br2N3O. The van der Waals surface area contributed by atoms with Gasteiger partial charge in [0.15, 0.2) is 0 Å². The number of rotatable bonds is 5. The largest absolute Gasteiger partial charge is 0.386 e. The third-order valence-corrected chi connectivity index (χ3v) is 4.56. The van der Waals surface area contributed by atoms with E-state index in [-0.39, 0.29) is 0 Å². The van der Waals surface area contributed by atoms with Crippen molar-refractivity contribution >= 4 is 31.9 Å². The van der Waals surface area contributed by atoms with E-state index in [9.17, 15) is 5.11 Å². The van der Waals surface area contributed by atoms with E-state index < -0.39 is 6.10 Å². The molecule has 1 N–H and O–H groups in total. The van der Waals surface area contributed by atoms with E-state index in [1.807, 2.05) is 23.7 Å². The molecule has 0 fully saturated rings. The Bertz CT molecular complexity index is 581. The van der Waals surface area contributed by atoms with Gasteiger partial charge in [-0.1, -0.05) is 6.92 Å². The van der Waals surface area contributed by atoms with Crippen LogP contribution in [0.4, 0.5) is 0 Å². The zero-order valence-electron chi connectivity index (χ0n) is 11.5. The highest BCUT2D eigenvalue weighted by atomic mass is 79.9. The molecule has 0 radical (unpaired) electrons. The van der Waals surface area contributed by atoms with Gasteiger partial charge in [-0.25, -0.2) is 0 Å². The van der Waals surface area contributed by atoms with Crippen molar-refractivity contribution in [2.24, 2.45) is 0 Å². The third kappa shape index (κ3) is 3.30. The molecule has 0 saturated carbocycles. The van der Waals surface area contributed by atoms with E-state index in [1.54, 1.807) is 6.20 Å². The smallest absolute Gasteiger partial charge is 0.101 e. The van der Waals surface area contributed by atoms with E-state index in [4.69, 9.17) is 0 Å². The molecule has 108 valence electrons. The van der Waals surface area contributed by atoms with Gasteiger partial charge in [0.25, 0.3) is 0 Å². The van der Waals surface area contributed by atoms with Crippen molar-refractivity contribution in [3.05, 3.63) is 44.4 Å². The average Bonchev–Trinajstić information content (AvgIpc) is 2.76. The van der Waals surface area contributed by atoms with Crippen LogP contribution in [0, 0.1) is 0 Å². The van der Waals surface area contributed by atoms with Gasteiger partial charge in [0, 0.05) is 23.6 Å². The Labute approximate surface area is 135 Å². The van der Waals surface area contributed by atoms with Gasteiger partial charge in [-0.3, -0.25) is 9.67 Å². The van der Waals surface area contributed by atoms with Crippen LogP contribution in [0.5, 0.6) is 0 Å². The van der Waals surface area contributed by atoms with Crippen molar-refractivity contribution in [2.75, 3.05) is 0 Å². The van der Waals surface area contributed by atoms with Crippen LogP contribution in [0.3, 0.4) is 0 Å². The van der Waals surface area contributed by atoms with Crippen molar-refractivity contribution in [1.29, 1.82) is 0 Å². The summed E-state index contributed by atoms with van der Waals surface area (Å²) in [6.45, 7) is 4.91. The first-order valence-corrected chi connectivity index (χ1v) is 8.19. The van der Waals surface area contributed by atoms with Gasteiger partial charge in [-0.2, -0.15) is 5.10 Å². The van der Waals surface area contributed by atoms with Crippen molar-refractivity contribution in [3.63, 3.8) is 0 Å². The van der Waals surface area contributed by atoms with Gasteiger partial charge in [-0.15, -0.1) is 0 Å². The maximum absolute atomic E-state index is 10.4. The molecule has 0 aliphatic carbocycles. The highest BCUT2D eigenvalue weighted by Crippen LogP contribution is 2.27. The van der Waals surface area contributed by atoms with Gasteiger partial charge in [0.2, 0.25) is 0 Å². The minimum Gasteiger partial charge on any atom is -0.386 e. The summed E-state index contributed by atoms with van der Waals surface area (Å²) in [7, 11) is 0. The fourth-order valence-corrected chi connectivity index (χ4v) is 3.05. The minimum atomic E-state index is -0.633. The number of halogens is 2. The molecule has 0 saturated heterocycles. The Morgan fingerprint density at radius 3 is 2.60 bits per heavy atom. The van der Waals surface area contributed by atoms with Gasteiger partial charge in [-0.05, 0) is 57.3 Å². The second kappa shape index (κ2) is 6.83. The highest BCUT2D eigenvalue weighted by Gasteiger charge is 2.18. The second-order valence-corrected chi connectivity index (χ2v) is 6.21. The third-order valence-electron chi connectivity index (χ3n) is 3.17. The first kappa shape index (κ1) is 15.7. The molecule has 6 heteroatoms. The summed E-state index contributed by atoms with van der Waals surface area (Å²) < 4.78 is 3.84. The van der Waals surface area contributed by atoms with Crippen LogP contribution < -0.4 is 0 Å². The monoisotopic (exact) mass is 401 g/mol. The standard InChI is InChI=1S/C14H17Br2N3O/c1-3-10-14(16)12(19(4-2)18-10)7-13(20)11-6-5-9(15)8-17-11/h5-6,8,13,20H,3-4,7H2,1-2H3. The topological polar surface area (TPSA) is 50.9 Å². The molecule has 2 heterocycles. The Morgan fingerprint density at radius 1 is 1.30 bits per heavy atom. The lowest BCUT2D eigenvalue weighted by Crippen LogP contribution is -2.10. The lowest BCUT2D eigenvalue weighted by Gasteiger charge is -2.12. The SMILES string of the molecule is CCc1nn(CC)c(CC(O)c2ccc(Br)cn2)c1Br. The number of pyridine rings is 1. The molecule has 20 heavy (non-hydrogen) atoms. The Hall–Kier alpha value is -0.720. The van der Waals surface area contributed by atoms with Crippen LogP contribution in [0.15, 0.2) is 27.3 Å². The first-order valence-electron chi connectivity index (χ1n) is 6.60. The molecule has 0 aliphatic heterocycles. The molecule has 0 bridgehead atoms. The number of aliphatic hydroxyl groups excluding tert-OH is 1. The number of aromatic nitrogens is 3. The molecule has 4 nitrogen and oxygen atoms in total. The van der Waals surface area contributed by atoms with E-state index >= 15 is 0 Å². The molecule has 2 rings (SSSR count). The Morgan fingerprint density at radius 2 is 2.05 bits per heavy atom. The maximum atomic E-state index is 10.4. The van der Waals surface area contributed by atoms with Gasteiger partial charge in [0.05, 0.1) is 21.6 Å². The lowest BCUT2D eigenvalue weighted by molar-refractivity contribution is 0.170. The average molecular weight is 403 g/mol. The molecule has 1 atom stereocenters. The van der Waals surface area contributed by atoms with E-state index in [0.717, 1.165) is 33.3 Å². The number of nitrogens with zero attached hydrogens (tertiary/aromatic N) is 3. The van der Waals surface area contributed by atoms with E-state index in [0.29, 0.717) is 12.1 Å². The lowest BCUT2D eigenvalue weighted by atomic mass is 10.1. The number of aliphatic hydroxyl groups is 1. The van der Waals surface area contributed by atoms with Crippen molar-refractivity contribution in [3.8, 4) is 0 Å². The van der Waals surface area contributed by atoms with Crippen LogP contribution >= 0.6 is 31.9 Å². The summed E-state index contributed by atoms with van der Waals surface area (Å²) in [6, 6.07) is 3.71. The molecule has 0 amide bonds. The van der Waals surface area contributed by atoms with Crippen LogP contribution in [-0.4, -0.2) is 19.9 Å². The predicted octanol–water partition coefficient (Wildman–Crippen LogP) is 3.66. The fourth-order valence-electron chi connectivity index (χ4n) is 2.08. The van der Waals surface area contributed by atoms with Crippen LogP contribution in [0.25, 0.3) is 0 Å².